The zero-order valence-corrected chi connectivity index (χ0v) is 10.2. The Hall–Kier alpha value is -2.21. The van der Waals surface area contributed by atoms with Gasteiger partial charge in [-0.1, -0.05) is 24.3 Å². The number of rotatable bonds is 4. The number of aromatic nitrogens is 1. The molecule has 0 bridgehead atoms. The third-order valence-electron chi connectivity index (χ3n) is 2.11. The molecule has 1 aromatic carbocycles. The summed E-state index contributed by atoms with van der Waals surface area (Å²) in [6.45, 7) is 0. The Balaban J connectivity index is 2.09. The first kappa shape index (κ1) is 12.3. The van der Waals surface area contributed by atoms with Crippen LogP contribution in [0.1, 0.15) is 5.69 Å². The average molecular weight is 261 g/mol. The van der Waals surface area contributed by atoms with Gasteiger partial charge in [0.15, 0.2) is 0 Å². The molecule has 1 N–H and O–H groups in total. The van der Waals surface area contributed by atoms with Crippen LogP contribution in [0.5, 0.6) is 0 Å². The summed E-state index contributed by atoms with van der Waals surface area (Å²) < 4.78 is 23.6. The van der Waals surface area contributed by atoms with Crippen LogP contribution < -0.4 is 4.83 Å². The number of pyridine rings is 1. The van der Waals surface area contributed by atoms with Crippen LogP contribution in [0.2, 0.25) is 0 Å². The molecule has 1 aromatic heterocycles. The molecular weight excluding hydrogens is 250 g/mol. The van der Waals surface area contributed by atoms with Gasteiger partial charge < -0.3 is 0 Å². The highest BCUT2D eigenvalue weighted by Gasteiger charge is 2.10. The van der Waals surface area contributed by atoms with Crippen LogP contribution in [0.25, 0.3) is 0 Å². The van der Waals surface area contributed by atoms with Gasteiger partial charge in [0.05, 0.1) is 16.8 Å². The van der Waals surface area contributed by atoms with Gasteiger partial charge in [-0.05, 0) is 24.3 Å². The van der Waals surface area contributed by atoms with E-state index in [0.29, 0.717) is 5.69 Å². The Morgan fingerprint density at radius 2 is 1.78 bits per heavy atom. The van der Waals surface area contributed by atoms with Crippen LogP contribution in [0.3, 0.4) is 0 Å². The van der Waals surface area contributed by atoms with Gasteiger partial charge in [0.2, 0.25) is 0 Å². The molecule has 0 saturated heterocycles. The van der Waals surface area contributed by atoms with Gasteiger partial charge in [0.25, 0.3) is 10.0 Å². The van der Waals surface area contributed by atoms with E-state index in [2.05, 4.69) is 14.9 Å². The predicted molar refractivity (Wildman–Crippen MR) is 68.6 cm³/mol. The molecule has 6 heteroatoms. The maximum absolute atomic E-state index is 11.8. The van der Waals surface area contributed by atoms with Crippen molar-refractivity contribution in [3.8, 4) is 0 Å². The van der Waals surface area contributed by atoms with Crippen molar-refractivity contribution in [2.24, 2.45) is 5.10 Å². The van der Waals surface area contributed by atoms with Crippen molar-refractivity contribution in [2.75, 3.05) is 0 Å². The molecular formula is C12H11N3O2S. The molecule has 5 nitrogen and oxygen atoms in total. The van der Waals surface area contributed by atoms with Crippen LogP contribution in [0.4, 0.5) is 0 Å². The third-order valence-corrected chi connectivity index (χ3v) is 3.35. The first-order valence-corrected chi connectivity index (χ1v) is 6.68. The van der Waals surface area contributed by atoms with Crippen molar-refractivity contribution in [1.82, 2.24) is 9.82 Å². The summed E-state index contributed by atoms with van der Waals surface area (Å²) in [5.74, 6) is 0. The summed E-state index contributed by atoms with van der Waals surface area (Å²) in [6.07, 6.45) is 2.95. The number of hydrazone groups is 1. The Bertz CT molecular complexity index is 625. The van der Waals surface area contributed by atoms with Crippen molar-refractivity contribution >= 4 is 16.2 Å². The van der Waals surface area contributed by atoms with E-state index in [4.69, 9.17) is 0 Å². The minimum Gasteiger partial charge on any atom is -0.255 e. The molecule has 0 fully saturated rings. The first-order valence-electron chi connectivity index (χ1n) is 5.19. The quantitative estimate of drug-likeness (QED) is 0.668. The lowest BCUT2D eigenvalue weighted by molar-refractivity contribution is 0.584. The molecule has 0 aliphatic heterocycles. The highest BCUT2D eigenvalue weighted by atomic mass is 32.2. The summed E-state index contributed by atoms with van der Waals surface area (Å²) in [5.41, 5.74) is 0.577. The number of benzene rings is 1. The highest BCUT2D eigenvalue weighted by Crippen LogP contribution is 2.06. The monoisotopic (exact) mass is 261 g/mol. The summed E-state index contributed by atoms with van der Waals surface area (Å²) in [6, 6.07) is 13.3. The Kier molecular flexibility index (Phi) is 3.69. The smallest absolute Gasteiger partial charge is 0.255 e. The largest absolute Gasteiger partial charge is 0.276 e. The van der Waals surface area contributed by atoms with Crippen molar-refractivity contribution in [3.63, 3.8) is 0 Å². The fourth-order valence-corrected chi connectivity index (χ4v) is 2.08. The predicted octanol–water partition coefficient (Wildman–Crippen LogP) is 1.39. The second kappa shape index (κ2) is 5.42. The van der Waals surface area contributed by atoms with Crippen molar-refractivity contribution in [1.29, 1.82) is 0 Å². The molecule has 0 amide bonds. The molecule has 1 heterocycles. The van der Waals surface area contributed by atoms with Gasteiger partial charge >= 0.3 is 0 Å². The van der Waals surface area contributed by atoms with Gasteiger partial charge in [-0.15, -0.1) is 0 Å². The molecule has 92 valence electrons. The van der Waals surface area contributed by atoms with Crippen LogP contribution in [0, 0.1) is 0 Å². The van der Waals surface area contributed by atoms with Crippen molar-refractivity contribution < 1.29 is 8.42 Å². The second-order valence-electron chi connectivity index (χ2n) is 3.42. The number of nitrogens with one attached hydrogen (secondary N) is 1. The van der Waals surface area contributed by atoms with Gasteiger partial charge in [0, 0.05) is 6.20 Å². The van der Waals surface area contributed by atoms with Crippen molar-refractivity contribution in [2.45, 2.75) is 4.90 Å². The van der Waals surface area contributed by atoms with E-state index < -0.39 is 10.0 Å². The van der Waals surface area contributed by atoms with Gasteiger partial charge in [0.1, 0.15) is 0 Å². The number of hydrogen-bond acceptors (Lipinski definition) is 4. The molecule has 0 atom stereocenters. The van der Waals surface area contributed by atoms with E-state index in [0.717, 1.165) is 0 Å². The third kappa shape index (κ3) is 3.14. The molecule has 0 unspecified atom stereocenters. The normalized spacial score (nSPS) is 11.6. The van der Waals surface area contributed by atoms with E-state index >= 15 is 0 Å². The topological polar surface area (TPSA) is 71.4 Å². The zero-order valence-electron chi connectivity index (χ0n) is 9.39. The molecule has 0 aliphatic rings. The Labute approximate surface area is 105 Å². The molecule has 0 aliphatic carbocycles. The minimum absolute atomic E-state index is 0.170. The summed E-state index contributed by atoms with van der Waals surface area (Å²) >= 11 is 0. The fraction of sp³-hybridized carbons (Fsp3) is 0. The number of hydrogen-bond donors (Lipinski definition) is 1. The fourth-order valence-electron chi connectivity index (χ4n) is 1.27. The Morgan fingerprint density at radius 3 is 2.44 bits per heavy atom. The highest BCUT2D eigenvalue weighted by molar-refractivity contribution is 7.89. The number of nitrogens with zero attached hydrogens (tertiary/aromatic N) is 2. The maximum Gasteiger partial charge on any atom is 0.276 e. The lowest BCUT2D eigenvalue weighted by atomic mass is 10.4. The summed E-state index contributed by atoms with van der Waals surface area (Å²) in [4.78, 5) is 6.28. The lowest BCUT2D eigenvalue weighted by Crippen LogP contribution is -2.18. The van der Waals surface area contributed by atoms with Crippen LogP contribution >= 0.6 is 0 Å². The SMILES string of the molecule is O=S(=O)(N/N=C\c1ccccn1)c1ccccc1. The first-order chi connectivity index (χ1) is 8.68. The van der Waals surface area contributed by atoms with E-state index in [1.54, 1.807) is 42.6 Å². The van der Waals surface area contributed by atoms with Gasteiger partial charge in [-0.3, -0.25) is 4.98 Å². The molecule has 0 spiro atoms. The van der Waals surface area contributed by atoms with Crippen LogP contribution in [-0.2, 0) is 10.0 Å². The second-order valence-corrected chi connectivity index (χ2v) is 5.08. The van der Waals surface area contributed by atoms with Crippen LogP contribution in [-0.4, -0.2) is 19.6 Å². The molecule has 2 rings (SSSR count). The van der Waals surface area contributed by atoms with Crippen LogP contribution in [0.15, 0.2) is 64.7 Å². The summed E-state index contributed by atoms with van der Waals surface area (Å²) in [7, 11) is -3.61. The molecule has 0 radical (unpaired) electrons. The van der Waals surface area contributed by atoms with Gasteiger partial charge in [-0.2, -0.15) is 13.5 Å². The standard InChI is InChI=1S/C12H11N3O2S/c16-18(17,12-7-2-1-3-8-12)15-14-10-11-6-4-5-9-13-11/h1-10,15H/b14-10-. The van der Waals surface area contributed by atoms with Gasteiger partial charge in [-0.25, -0.2) is 4.83 Å². The molecule has 2 aromatic rings. The van der Waals surface area contributed by atoms with E-state index in [-0.39, 0.29) is 4.90 Å². The average Bonchev–Trinajstić information content (AvgIpc) is 2.41. The number of sulfonamides is 1. The lowest BCUT2D eigenvalue weighted by Gasteiger charge is -2.01. The zero-order chi connectivity index (χ0) is 12.8. The van der Waals surface area contributed by atoms with Crippen molar-refractivity contribution in [3.05, 3.63) is 60.4 Å². The minimum atomic E-state index is -3.61. The molecule has 18 heavy (non-hydrogen) atoms. The summed E-state index contributed by atoms with van der Waals surface area (Å²) in [5, 5.41) is 3.66. The van der Waals surface area contributed by atoms with E-state index in [1.165, 1.54) is 18.3 Å². The Morgan fingerprint density at radius 1 is 1.06 bits per heavy atom. The van der Waals surface area contributed by atoms with E-state index in [9.17, 15) is 8.42 Å². The maximum atomic E-state index is 11.8. The van der Waals surface area contributed by atoms with E-state index in [1.807, 2.05) is 0 Å². The molecule has 0 saturated carbocycles.